The molecule has 1 rings (SSSR count). The Bertz CT molecular complexity index is 958. The molecule has 1 aromatic rings. The first-order valence-electron chi connectivity index (χ1n) is 11.8. The summed E-state index contributed by atoms with van der Waals surface area (Å²) in [5, 5.41) is 35.7. The number of nitrogens with two attached hydrogens (primary N) is 3. The fourth-order valence-electron chi connectivity index (χ4n) is 3.26. The second kappa shape index (κ2) is 17.0. The van der Waals surface area contributed by atoms with Gasteiger partial charge in [0.1, 0.15) is 23.9 Å². The number of carbonyl (C=O) groups is 4. The third-order valence-electron chi connectivity index (χ3n) is 5.35. The lowest BCUT2D eigenvalue weighted by Crippen LogP contribution is -2.58. The first-order valence-corrected chi connectivity index (χ1v) is 13.2. The van der Waals surface area contributed by atoms with Crippen molar-refractivity contribution >= 4 is 41.4 Å². The van der Waals surface area contributed by atoms with Gasteiger partial charge in [0, 0.05) is 6.54 Å². The van der Waals surface area contributed by atoms with Crippen LogP contribution < -0.4 is 33.2 Å². The maximum Gasteiger partial charge on any atom is 0.326 e. The van der Waals surface area contributed by atoms with Gasteiger partial charge in [-0.25, -0.2) is 4.79 Å². The zero-order valence-electron chi connectivity index (χ0n) is 21.1. The molecule has 4 unspecified atom stereocenters. The van der Waals surface area contributed by atoms with Gasteiger partial charge in [0.15, 0.2) is 5.96 Å². The number of nitrogens with zero attached hydrogens (tertiary/aromatic N) is 1. The number of aliphatic hydroxyl groups is 1. The van der Waals surface area contributed by atoms with Crippen molar-refractivity contribution < 1.29 is 34.5 Å². The van der Waals surface area contributed by atoms with E-state index < -0.39 is 54.5 Å². The fourth-order valence-corrected chi connectivity index (χ4v) is 3.73. The molecule has 4 atom stereocenters. The van der Waals surface area contributed by atoms with Crippen LogP contribution in [0.25, 0.3) is 0 Å². The Morgan fingerprint density at radius 1 is 0.947 bits per heavy atom. The number of hydrogen-bond acceptors (Lipinski definition) is 9. The molecule has 0 aromatic heterocycles. The summed E-state index contributed by atoms with van der Waals surface area (Å²) in [4.78, 5) is 53.5. The van der Waals surface area contributed by atoms with Crippen molar-refractivity contribution in [1.29, 1.82) is 0 Å². The number of hydrogen-bond donors (Lipinski definition) is 9. The molecule has 1 aromatic carbocycles. The monoisotopic (exact) mass is 555 g/mol. The van der Waals surface area contributed by atoms with Crippen molar-refractivity contribution in [3.63, 3.8) is 0 Å². The number of nitrogens with one attached hydrogen (secondary N) is 3. The van der Waals surface area contributed by atoms with E-state index in [1.165, 1.54) is 23.9 Å². The van der Waals surface area contributed by atoms with E-state index in [0.29, 0.717) is 11.3 Å². The van der Waals surface area contributed by atoms with Gasteiger partial charge in [-0.15, -0.1) is 0 Å². The maximum atomic E-state index is 12.9. The molecule has 0 aliphatic heterocycles. The van der Waals surface area contributed by atoms with Crippen LogP contribution in [0, 0.1) is 0 Å². The van der Waals surface area contributed by atoms with Crippen LogP contribution in [0.2, 0.25) is 0 Å². The van der Waals surface area contributed by atoms with Crippen LogP contribution in [-0.2, 0) is 25.6 Å². The fraction of sp³-hybridized carbons (Fsp3) is 0.522. The van der Waals surface area contributed by atoms with Crippen molar-refractivity contribution in [2.75, 3.05) is 25.2 Å². The lowest BCUT2D eigenvalue weighted by atomic mass is 10.0. The van der Waals surface area contributed by atoms with Crippen molar-refractivity contribution in [3.8, 4) is 5.75 Å². The van der Waals surface area contributed by atoms with Gasteiger partial charge in [0.25, 0.3) is 0 Å². The Labute approximate surface area is 224 Å². The smallest absolute Gasteiger partial charge is 0.326 e. The summed E-state index contributed by atoms with van der Waals surface area (Å²) in [5.41, 5.74) is 17.2. The number of guanidine groups is 1. The number of aliphatic carboxylic acids is 1. The summed E-state index contributed by atoms with van der Waals surface area (Å²) in [7, 11) is 0. The second-order valence-electron chi connectivity index (χ2n) is 8.41. The Balaban J connectivity index is 2.80. The van der Waals surface area contributed by atoms with E-state index in [-0.39, 0.29) is 43.9 Å². The summed E-state index contributed by atoms with van der Waals surface area (Å²) in [6.07, 6.45) is 2.46. The van der Waals surface area contributed by atoms with Crippen LogP contribution >= 0.6 is 11.8 Å². The highest BCUT2D eigenvalue weighted by Crippen LogP contribution is 2.11. The van der Waals surface area contributed by atoms with Gasteiger partial charge in [-0.1, -0.05) is 12.1 Å². The predicted molar refractivity (Wildman–Crippen MR) is 143 cm³/mol. The Morgan fingerprint density at radius 3 is 2.08 bits per heavy atom. The molecule has 0 radical (unpaired) electrons. The van der Waals surface area contributed by atoms with E-state index >= 15 is 0 Å². The minimum absolute atomic E-state index is 0.00920. The molecule has 15 heteroatoms. The Kier molecular flexibility index (Phi) is 14.6. The highest BCUT2D eigenvalue weighted by Gasteiger charge is 2.29. The minimum atomic E-state index is -1.46. The van der Waals surface area contributed by atoms with Crippen molar-refractivity contribution in [3.05, 3.63) is 29.8 Å². The number of benzene rings is 1. The lowest BCUT2D eigenvalue weighted by molar-refractivity contribution is -0.142. The standard InChI is InChI=1S/C23H37N7O7S/c1-38-10-8-16(28-19(33)15(24)11-13-4-6-14(32)7-5-13)20(34)30-18(12-31)21(35)29-17(22(36)37)3-2-9-27-23(25)26/h4-7,15-18,31-32H,2-3,8-12,24H2,1H3,(H,28,33)(H,29,35)(H,30,34)(H,36,37)(H4,25,26,27). The summed E-state index contributed by atoms with van der Waals surface area (Å²) in [5.74, 6) is -3.13. The Morgan fingerprint density at radius 2 is 1.53 bits per heavy atom. The molecule has 0 heterocycles. The topological polar surface area (TPSA) is 255 Å². The molecule has 38 heavy (non-hydrogen) atoms. The van der Waals surface area contributed by atoms with Crippen LogP contribution in [0.15, 0.2) is 29.3 Å². The number of aliphatic imine (C=N–C) groups is 1. The third-order valence-corrected chi connectivity index (χ3v) is 5.99. The molecular formula is C23H37N7O7S. The average molecular weight is 556 g/mol. The molecule has 212 valence electrons. The maximum absolute atomic E-state index is 12.9. The minimum Gasteiger partial charge on any atom is -0.508 e. The molecule has 0 aliphatic rings. The van der Waals surface area contributed by atoms with Gasteiger partial charge >= 0.3 is 5.97 Å². The summed E-state index contributed by atoms with van der Waals surface area (Å²) in [6, 6.07) is 1.37. The number of phenolic OH excluding ortho intramolecular Hbond substituents is 1. The van der Waals surface area contributed by atoms with E-state index in [2.05, 4.69) is 20.9 Å². The summed E-state index contributed by atoms with van der Waals surface area (Å²) in [6.45, 7) is -0.644. The van der Waals surface area contributed by atoms with Crippen molar-refractivity contribution in [2.45, 2.75) is 49.9 Å². The number of carboxylic acids is 1. The number of aliphatic hydroxyl groups excluding tert-OH is 1. The number of phenols is 1. The average Bonchev–Trinajstić information content (AvgIpc) is 2.87. The van der Waals surface area contributed by atoms with Crippen LogP contribution in [0.5, 0.6) is 5.75 Å². The van der Waals surface area contributed by atoms with Gasteiger partial charge in [-0.2, -0.15) is 11.8 Å². The molecular weight excluding hydrogens is 518 g/mol. The van der Waals surface area contributed by atoms with Gasteiger partial charge in [0.2, 0.25) is 17.7 Å². The largest absolute Gasteiger partial charge is 0.508 e. The van der Waals surface area contributed by atoms with Crippen LogP contribution in [0.3, 0.4) is 0 Å². The first-order chi connectivity index (χ1) is 18.0. The van der Waals surface area contributed by atoms with E-state index in [1.807, 2.05) is 6.26 Å². The number of carboxylic acid groups (broad SMARTS) is 1. The SMILES string of the molecule is CSCCC(NC(=O)C(N)Cc1ccc(O)cc1)C(=O)NC(CO)C(=O)NC(CCCN=C(N)N)C(=O)O. The molecule has 0 aliphatic carbocycles. The second-order valence-corrected chi connectivity index (χ2v) is 9.40. The normalized spacial score (nSPS) is 13.9. The zero-order chi connectivity index (χ0) is 28.7. The quantitative estimate of drug-likeness (QED) is 0.0556. The highest BCUT2D eigenvalue weighted by molar-refractivity contribution is 7.98. The number of carbonyl (C=O) groups excluding carboxylic acids is 3. The van der Waals surface area contributed by atoms with Crippen molar-refractivity contribution in [2.24, 2.45) is 22.2 Å². The molecule has 14 nitrogen and oxygen atoms in total. The Hall–Kier alpha value is -3.56. The van der Waals surface area contributed by atoms with Gasteiger partial charge < -0.3 is 48.5 Å². The zero-order valence-corrected chi connectivity index (χ0v) is 21.9. The number of thioether (sulfide) groups is 1. The van der Waals surface area contributed by atoms with Crippen LogP contribution in [0.4, 0.5) is 0 Å². The summed E-state index contributed by atoms with van der Waals surface area (Å²) >= 11 is 1.44. The predicted octanol–water partition coefficient (Wildman–Crippen LogP) is -2.40. The van der Waals surface area contributed by atoms with Crippen LogP contribution in [0.1, 0.15) is 24.8 Å². The van der Waals surface area contributed by atoms with Gasteiger partial charge in [-0.3, -0.25) is 19.4 Å². The number of amides is 3. The van der Waals surface area contributed by atoms with Gasteiger partial charge in [0.05, 0.1) is 12.6 Å². The highest BCUT2D eigenvalue weighted by atomic mass is 32.2. The first kappa shape index (κ1) is 32.5. The van der Waals surface area contributed by atoms with Crippen LogP contribution in [-0.4, -0.2) is 94.3 Å². The van der Waals surface area contributed by atoms with E-state index in [9.17, 15) is 34.5 Å². The lowest BCUT2D eigenvalue weighted by Gasteiger charge is -2.24. The van der Waals surface area contributed by atoms with E-state index in [0.717, 1.165) is 0 Å². The summed E-state index contributed by atoms with van der Waals surface area (Å²) < 4.78 is 0. The molecule has 0 saturated heterocycles. The molecule has 0 saturated carbocycles. The van der Waals surface area contributed by atoms with Gasteiger partial charge in [-0.05, 0) is 55.4 Å². The number of rotatable bonds is 17. The molecule has 12 N–H and O–H groups in total. The molecule has 0 fully saturated rings. The molecule has 0 spiro atoms. The van der Waals surface area contributed by atoms with Crippen molar-refractivity contribution in [1.82, 2.24) is 16.0 Å². The van der Waals surface area contributed by atoms with E-state index in [4.69, 9.17) is 17.2 Å². The molecule has 3 amide bonds. The third kappa shape index (κ3) is 12.1. The number of aromatic hydroxyl groups is 1. The molecule has 0 bridgehead atoms. The van der Waals surface area contributed by atoms with E-state index in [1.54, 1.807) is 12.1 Å².